The van der Waals surface area contributed by atoms with Crippen LogP contribution in [0, 0.1) is 5.41 Å². The number of benzene rings is 1. The summed E-state index contributed by atoms with van der Waals surface area (Å²) in [6.45, 7) is 6.42. The van der Waals surface area contributed by atoms with E-state index in [0.717, 1.165) is 4.90 Å². The Labute approximate surface area is 323 Å². The molecule has 1 unspecified atom stereocenters. The molecular weight excluding hydrogens is 740 g/mol. The number of imide groups is 2. The van der Waals surface area contributed by atoms with Crippen LogP contribution in [-0.2, 0) is 47.5 Å². The number of piperidine rings is 1. The Morgan fingerprint density at radius 2 is 1.36 bits per heavy atom. The maximum absolute atomic E-state index is 13.3. The van der Waals surface area contributed by atoms with Crippen molar-refractivity contribution >= 4 is 35.2 Å². The molecule has 1 saturated heterocycles. The number of rotatable bonds is 31. The van der Waals surface area contributed by atoms with Crippen LogP contribution in [0.5, 0.6) is 0 Å². The van der Waals surface area contributed by atoms with Gasteiger partial charge in [-0.2, -0.15) is 0 Å². The predicted octanol–water partition coefficient (Wildman–Crippen LogP) is 1.36. The summed E-state index contributed by atoms with van der Waals surface area (Å²) in [7, 11) is 0. The van der Waals surface area contributed by atoms with Crippen LogP contribution in [0.4, 0.5) is 5.69 Å². The second-order valence-corrected chi connectivity index (χ2v) is 12.7. The molecule has 2 aliphatic heterocycles. The first kappa shape index (κ1) is 45.5. The van der Waals surface area contributed by atoms with E-state index in [9.17, 15) is 24.0 Å². The highest BCUT2D eigenvalue weighted by Crippen LogP contribution is 2.32. The summed E-state index contributed by atoms with van der Waals surface area (Å²) in [4.78, 5) is 69.2. The molecule has 1 atom stereocenters. The fourth-order valence-electron chi connectivity index (χ4n) is 5.44. The third-order valence-electron chi connectivity index (χ3n) is 8.10. The Morgan fingerprint density at radius 3 is 1.93 bits per heavy atom. The van der Waals surface area contributed by atoms with Gasteiger partial charge in [-0.05, 0) is 29.6 Å². The third-order valence-corrected chi connectivity index (χ3v) is 8.10. The zero-order valence-electron chi connectivity index (χ0n) is 31.5. The van der Waals surface area contributed by atoms with Crippen molar-refractivity contribution in [3.8, 4) is 0 Å². The molecule has 1 aromatic rings. The summed E-state index contributed by atoms with van der Waals surface area (Å²) in [5.41, 5.74) is 16.6. The van der Waals surface area contributed by atoms with Crippen molar-refractivity contribution in [1.29, 1.82) is 0 Å². The Hall–Kier alpha value is -4.89. The summed E-state index contributed by atoms with van der Waals surface area (Å²) in [5, 5.41) is 14.8. The molecule has 0 aromatic heterocycles. The Balaban J connectivity index is 1.39. The second kappa shape index (κ2) is 26.1. The Kier molecular flexibility index (Phi) is 21.2. The second-order valence-electron chi connectivity index (χ2n) is 12.7. The number of hydrogen-bond acceptors (Lipinski definition) is 15. The molecule has 2 heterocycles. The molecule has 0 saturated carbocycles. The van der Waals surface area contributed by atoms with Crippen molar-refractivity contribution in [3.63, 3.8) is 0 Å². The lowest BCUT2D eigenvalue weighted by Gasteiger charge is -2.29. The van der Waals surface area contributed by atoms with Crippen LogP contribution in [0.25, 0.3) is 20.9 Å². The van der Waals surface area contributed by atoms with Crippen LogP contribution in [0.2, 0.25) is 0 Å². The quantitative estimate of drug-likeness (QED) is 0.0315. The first-order valence-electron chi connectivity index (χ1n) is 18.1. The number of carbonyl (C=O) groups is 5. The van der Waals surface area contributed by atoms with E-state index in [1.165, 1.54) is 6.07 Å². The standard InChI is InChI=1S/C34H50N10O12/c1-34(22-54-19-17-52-15-13-50-11-9-39-42-35,23-55-20-18-53-16-14-51-12-10-40-43-36)24-56-21-29(46)38-8-7-37-26-4-2-3-25-30(26)33(49)44(32(25)48)27-5-6-28(45)41-31(27)47/h2-4,27,37H,5-24H2,1H3,(H,38,46)(H,41,45,47). The van der Waals surface area contributed by atoms with Crippen molar-refractivity contribution in [2.24, 2.45) is 15.6 Å². The number of nitrogens with zero attached hydrogens (tertiary/aromatic N) is 7. The lowest BCUT2D eigenvalue weighted by atomic mass is 9.94. The van der Waals surface area contributed by atoms with Crippen molar-refractivity contribution < 1.29 is 57.1 Å². The number of hydrogen-bond donors (Lipinski definition) is 3. The highest BCUT2D eigenvalue weighted by Gasteiger charge is 2.45. The minimum atomic E-state index is -1.08. The van der Waals surface area contributed by atoms with Gasteiger partial charge in [0.15, 0.2) is 0 Å². The fraction of sp³-hybridized carbons (Fsp3) is 0.676. The van der Waals surface area contributed by atoms with Crippen LogP contribution in [-0.4, -0.2) is 159 Å². The van der Waals surface area contributed by atoms with Gasteiger partial charge in [-0.1, -0.05) is 23.2 Å². The van der Waals surface area contributed by atoms with Gasteiger partial charge in [0.1, 0.15) is 12.6 Å². The molecule has 22 heteroatoms. The summed E-state index contributed by atoms with van der Waals surface area (Å²) in [5.74, 6) is -2.77. The molecule has 3 rings (SSSR count). The van der Waals surface area contributed by atoms with Crippen LogP contribution in [0.15, 0.2) is 28.4 Å². The Bertz CT molecular complexity index is 1520. The van der Waals surface area contributed by atoms with E-state index in [1.54, 1.807) is 12.1 Å². The van der Waals surface area contributed by atoms with Crippen molar-refractivity contribution in [1.82, 2.24) is 15.5 Å². The van der Waals surface area contributed by atoms with E-state index in [0.29, 0.717) is 71.8 Å². The molecule has 0 bridgehead atoms. The fourth-order valence-corrected chi connectivity index (χ4v) is 5.44. The topological polar surface area (TPSA) is 287 Å². The number of amides is 5. The lowest BCUT2D eigenvalue weighted by Crippen LogP contribution is -2.54. The van der Waals surface area contributed by atoms with E-state index < -0.39 is 35.1 Å². The van der Waals surface area contributed by atoms with Gasteiger partial charge in [0.05, 0.1) is 97.0 Å². The van der Waals surface area contributed by atoms with Gasteiger partial charge in [0, 0.05) is 53.5 Å². The molecule has 5 amide bonds. The molecule has 3 N–H and O–H groups in total. The predicted molar refractivity (Wildman–Crippen MR) is 196 cm³/mol. The highest BCUT2D eigenvalue weighted by molar-refractivity contribution is 6.25. The third kappa shape index (κ3) is 16.1. The monoisotopic (exact) mass is 790 g/mol. The van der Waals surface area contributed by atoms with Crippen molar-refractivity contribution in [3.05, 3.63) is 50.2 Å². The van der Waals surface area contributed by atoms with E-state index in [2.05, 4.69) is 36.0 Å². The number of nitrogens with one attached hydrogen (secondary N) is 3. The average Bonchev–Trinajstić information content (AvgIpc) is 3.43. The van der Waals surface area contributed by atoms with Gasteiger partial charge >= 0.3 is 0 Å². The van der Waals surface area contributed by atoms with E-state index >= 15 is 0 Å². The summed E-state index contributed by atoms with van der Waals surface area (Å²) in [6.07, 6.45) is 0.0719. The molecule has 1 fully saturated rings. The van der Waals surface area contributed by atoms with Gasteiger partial charge in [0.25, 0.3) is 11.8 Å². The molecule has 56 heavy (non-hydrogen) atoms. The molecule has 2 aliphatic rings. The number of ether oxygens (including phenoxy) is 7. The van der Waals surface area contributed by atoms with Crippen molar-refractivity contribution in [2.45, 2.75) is 25.8 Å². The lowest BCUT2D eigenvalue weighted by molar-refractivity contribution is -0.136. The zero-order valence-corrected chi connectivity index (χ0v) is 31.5. The highest BCUT2D eigenvalue weighted by atomic mass is 16.6. The SMILES string of the molecule is CC(COCCOCCOCCN=[N+]=[N-])(COCCOCCOCCN=[N+]=[N-])COCC(=O)NCCNc1cccc2c1C(=O)N(C1CCC(=O)NC1=O)C2=O. The van der Waals surface area contributed by atoms with Gasteiger partial charge in [-0.15, -0.1) is 0 Å². The minimum absolute atomic E-state index is 0.0200. The first-order valence-corrected chi connectivity index (χ1v) is 18.1. The van der Waals surface area contributed by atoms with E-state index in [-0.39, 0.29) is 82.5 Å². The Morgan fingerprint density at radius 1 is 0.804 bits per heavy atom. The smallest absolute Gasteiger partial charge is 0.264 e. The van der Waals surface area contributed by atoms with Crippen LogP contribution in [0.1, 0.15) is 40.5 Å². The molecule has 1 aromatic carbocycles. The number of fused-ring (bicyclic) bond motifs is 1. The first-order chi connectivity index (χ1) is 27.2. The summed E-state index contributed by atoms with van der Waals surface area (Å²) in [6, 6.07) is 3.66. The molecule has 0 spiro atoms. The number of anilines is 1. The van der Waals surface area contributed by atoms with Crippen LogP contribution >= 0.6 is 0 Å². The van der Waals surface area contributed by atoms with Crippen LogP contribution < -0.4 is 16.0 Å². The minimum Gasteiger partial charge on any atom is -0.383 e. The molecule has 0 aliphatic carbocycles. The number of carbonyl (C=O) groups excluding carboxylic acids is 5. The molecule has 22 nitrogen and oxygen atoms in total. The normalized spacial score (nSPS) is 16.1. The van der Waals surface area contributed by atoms with Gasteiger partial charge in [-0.25, -0.2) is 0 Å². The summed E-state index contributed by atoms with van der Waals surface area (Å²) < 4.78 is 39.0. The molecule has 0 radical (unpaired) electrons. The maximum atomic E-state index is 13.3. The summed E-state index contributed by atoms with van der Waals surface area (Å²) >= 11 is 0. The van der Waals surface area contributed by atoms with E-state index in [4.69, 9.17) is 44.2 Å². The molecule has 308 valence electrons. The maximum Gasteiger partial charge on any atom is 0.264 e. The number of azide groups is 2. The van der Waals surface area contributed by atoms with Gasteiger partial charge < -0.3 is 43.8 Å². The molecular formula is C34H50N10O12. The van der Waals surface area contributed by atoms with Gasteiger partial charge in [-0.3, -0.25) is 34.2 Å². The average molecular weight is 791 g/mol. The van der Waals surface area contributed by atoms with Gasteiger partial charge in [0.2, 0.25) is 17.7 Å². The van der Waals surface area contributed by atoms with Crippen LogP contribution in [0.3, 0.4) is 0 Å². The zero-order chi connectivity index (χ0) is 40.4. The van der Waals surface area contributed by atoms with Crippen molar-refractivity contribution in [2.75, 3.05) is 124 Å². The van der Waals surface area contributed by atoms with E-state index in [1.807, 2.05) is 6.92 Å². The largest absolute Gasteiger partial charge is 0.383 e.